The molecule has 1 N–H and O–H groups in total. The molecule has 1 aromatic rings. The molecule has 0 saturated carbocycles. The molecule has 1 aromatic carbocycles. The number of nitrogens with zero attached hydrogens (tertiary/aromatic N) is 2. The third-order valence-corrected chi connectivity index (χ3v) is 3.93. The van der Waals surface area contributed by atoms with Crippen LogP contribution >= 0.6 is 0 Å². The molecule has 138 valence electrons. The van der Waals surface area contributed by atoms with Crippen molar-refractivity contribution in [1.82, 2.24) is 9.80 Å². The second-order valence-electron chi connectivity index (χ2n) is 6.52. The van der Waals surface area contributed by atoms with E-state index in [2.05, 4.69) is 19.2 Å². The van der Waals surface area contributed by atoms with Crippen molar-refractivity contribution in [3.8, 4) is 0 Å². The lowest BCUT2D eigenvalue weighted by molar-refractivity contribution is -0.133. The van der Waals surface area contributed by atoms with Gasteiger partial charge in [-0.2, -0.15) is 0 Å². The van der Waals surface area contributed by atoms with Crippen LogP contribution in [-0.4, -0.2) is 61.1 Å². The highest BCUT2D eigenvalue weighted by Crippen LogP contribution is 2.11. The Labute approximate surface area is 147 Å². The molecule has 1 aliphatic heterocycles. The molecule has 0 bridgehead atoms. The Hall–Kier alpha value is -2.15. The van der Waals surface area contributed by atoms with E-state index in [-0.39, 0.29) is 17.8 Å². The molecule has 1 fully saturated rings. The number of hydrogen-bond donors (Lipinski definition) is 1. The van der Waals surface area contributed by atoms with Gasteiger partial charge in [0.15, 0.2) is 0 Å². The van der Waals surface area contributed by atoms with Crippen molar-refractivity contribution in [2.45, 2.75) is 20.3 Å². The predicted molar refractivity (Wildman–Crippen MR) is 93.8 cm³/mol. The molecule has 2 rings (SSSR count). The Morgan fingerprint density at radius 2 is 1.72 bits per heavy atom. The van der Waals surface area contributed by atoms with Gasteiger partial charge in [0.2, 0.25) is 5.91 Å². The van der Waals surface area contributed by atoms with Crippen LogP contribution in [0.2, 0.25) is 0 Å². The molecule has 1 saturated heterocycles. The number of amides is 3. The summed E-state index contributed by atoms with van der Waals surface area (Å²) in [6.07, 6.45) is 0.370. The summed E-state index contributed by atoms with van der Waals surface area (Å²) < 4.78 is 18.3. The lowest BCUT2D eigenvalue weighted by atomic mass is 10.2. The summed E-state index contributed by atoms with van der Waals surface area (Å²) in [4.78, 5) is 27.8. The molecule has 0 aromatic heterocycles. The Morgan fingerprint density at radius 1 is 1.12 bits per heavy atom. The zero-order valence-electron chi connectivity index (χ0n) is 14.8. The average Bonchev–Trinajstić information content (AvgIpc) is 2.60. The molecule has 7 heteroatoms. The molecule has 3 amide bonds. The van der Waals surface area contributed by atoms with Gasteiger partial charge in [-0.1, -0.05) is 13.8 Å². The van der Waals surface area contributed by atoms with Gasteiger partial charge < -0.3 is 19.9 Å². The van der Waals surface area contributed by atoms with Crippen LogP contribution in [0.3, 0.4) is 0 Å². The monoisotopic (exact) mass is 351 g/mol. The van der Waals surface area contributed by atoms with Crippen LogP contribution in [0.15, 0.2) is 24.3 Å². The Kier molecular flexibility index (Phi) is 7.18. The Balaban J connectivity index is 1.70. The Morgan fingerprint density at radius 3 is 2.32 bits per heavy atom. The van der Waals surface area contributed by atoms with Crippen LogP contribution in [0, 0.1) is 11.7 Å². The molecule has 1 aliphatic rings. The third kappa shape index (κ3) is 6.34. The SMILES string of the molecule is CC(C)COCCC(=O)N1CCN(C(=O)Nc2ccc(F)cc2)CC1. The molecular weight excluding hydrogens is 325 g/mol. The first kappa shape index (κ1) is 19.2. The highest BCUT2D eigenvalue weighted by atomic mass is 19.1. The summed E-state index contributed by atoms with van der Waals surface area (Å²) in [7, 11) is 0. The van der Waals surface area contributed by atoms with Crippen LogP contribution in [0.1, 0.15) is 20.3 Å². The maximum Gasteiger partial charge on any atom is 0.321 e. The number of hydrogen-bond acceptors (Lipinski definition) is 3. The maximum atomic E-state index is 12.9. The minimum atomic E-state index is -0.345. The highest BCUT2D eigenvalue weighted by molar-refractivity contribution is 5.89. The van der Waals surface area contributed by atoms with Crippen molar-refractivity contribution in [3.63, 3.8) is 0 Å². The van der Waals surface area contributed by atoms with E-state index in [0.29, 0.717) is 57.4 Å². The zero-order valence-corrected chi connectivity index (χ0v) is 14.8. The second kappa shape index (κ2) is 9.36. The molecule has 0 spiro atoms. The normalized spacial score (nSPS) is 14.7. The number of halogens is 1. The van der Waals surface area contributed by atoms with Crippen molar-refractivity contribution < 1.29 is 18.7 Å². The number of urea groups is 1. The smallest absolute Gasteiger partial charge is 0.321 e. The zero-order chi connectivity index (χ0) is 18.2. The van der Waals surface area contributed by atoms with Crippen molar-refractivity contribution >= 4 is 17.6 Å². The van der Waals surface area contributed by atoms with Gasteiger partial charge in [0.25, 0.3) is 0 Å². The molecule has 0 radical (unpaired) electrons. The number of rotatable bonds is 6. The minimum absolute atomic E-state index is 0.0577. The van der Waals surface area contributed by atoms with Crippen molar-refractivity contribution in [2.24, 2.45) is 5.92 Å². The quantitative estimate of drug-likeness (QED) is 0.801. The molecule has 0 atom stereocenters. The van der Waals surface area contributed by atoms with Gasteiger partial charge in [-0.25, -0.2) is 9.18 Å². The van der Waals surface area contributed by atoms with E-state index >= 15 is 0 Å². The molecule has 6 nitrogen and oxygen atoms in total. The molecular formula is C18H26FN3O3. The summed E-state index contributed by atoms with van der Waals surface area (Å²) >= 11 is 0. The van der Waals surface area contributed by atoms with Crippen LogP contribution in [0.5, 0.6) is 0 Å². The number of piperazine rings is 1. The van der Waals surface area contributed by atoms with Gasteiger partial charge in [0.1, 0.15) is 5.82 Å². The minimum Gasteiger partial charge on any atom is -0.381 e. The van der Waals surface area contributed by atoms with Crippen molar-refractivity contribution in [3.05, 3.63) is 30.1 Å². The number of ether oxygens (including phenoxy) is 1. The van der Waals surface area contributed by atoms with Crippen molar-refractivity contribution in [2.75, 3.05) is 44.7 Å². The first-order valence-electron chi connectivity index (χ1n) is 8.62. The van der Waals surface area contributed by atoms with Crippen LogP contribution < -0.4 is 5.32 Å². The summed E-state index contributed by atoms with van der Waals surface area (Å²) in [5.41, 5.74) is 0.548. The number of nitrogens with one attached hydrogen (secondary N) is 1. The van der Waals surface area contributed by atoms with Crippen molar-refractivity contribution in [1.29, 1.82) is 0 Å². The van der Waals surface area contributed by atoms with E-state index in [1.807, 2.05) is 0 Å². The maximum absolute atomic E-state index is 12.9. The highest BCUT2D eigenvalue weighted by Gasteiger charge is 2.23. The second-order valence-corrected chi connectivity index (χ2v) is 6.52. The number of anilines is 1. The van der Waals surface area contributed by atoms with Gasteiger partial charge >= 0.3 is 6.03 Å². The van der Waals surface area contributed by atoms with E-state index in [4.69, 9.17) is 4.74 Å². The molecule has 0 aliphatic carbocycles. The first-order chi connectivity index (χ1) is 12.0. The lowest BCUT2D eigenvalue weighted by Crippen LogP contribution is -2.51. The topological polar surface area (TPSA) is 61.9 Å². The standard InChI is InChI=1S/C18H26FN3O3/c1-14(2)13-25-12-7-17(23)21-8-10-22(11-9-21)18(24)20-16-5-3-15(19)4-6-16/h3-6,14H,7-13H2,1-2H3,(H,20,24). The number of carbonyl (C=O) groups is 2. The van der Waals surface area contributed by atoms with Crippen LogP contribution in [0.4, 0.5) is 14.9 Å². The fourth-order valence-electron chi connectivity index (χ4n) is 2.53. The fraction of sp³-hybridized carbons (Fsp3) is 0.556. The van der Waals surface area contributed by atoms with Gasteiger partial charge in [-0.3, -0.25) is 4.79 Å². The van der Waals surface area contributed by atoms with E-state index < -0.39 is 0 Å². The van der Waals surface area contributed by atoms with E-state index in [9.17, 15) is 14.0 Å². The molecule has 0 unspecified atom stereocenters. The van der Waals surface area contributed by atoms with Gasteiger partial charge in [-0.05, 0) is 30.2 Å². The van der Waals surface area contributed by atoms with Gasteiger partial charge in [-0.15, -0.1) is 0 Å². The first-order valence-corrected chi connectivity index (χ1v) is 8.62. The van der Waals surface area contributed by atoms with Crippen LogP contribution in [0.25, 0.3) is 0 Å². The van der Waals surface area contributed by atoms with E-state index in [0.717, 1.165) is 0 Å². The van der Waals surface area contributed by atoms with E-state index in [1.165, 1.54) is 24.3 Å². The van der Waals surface area contributed by atoms with Crippen LogP contribution in [-0.2, 0) is 9.53 Å². The lowest BCUT2D eigenvalue weighted by Gasteiger charge is -2.34. The summed E-state index contributed by atoms with van der Waals surface area (Å²) in [5.74, 6) is 0.170. The average molecular weight is 351 g/mol. The molecule has 25 heavy (non-hydrogen) atoms. The predicted octanol–water partition coefficient (Wildman–Crippen LogP) is 2.56. The summed E-state index contributed by atoms with van der Waals surface area (Å²) in [5, 5.41) is 2.73. The summed E-state index contributed by atoms with van der Waals surface area (Å²) in [6.45, 7) is 7.21. The largest absolute Gasteiger partial charge is 0.381 e. The Bertz CT molecular complexity index is 569. The number of benzene rings is 1. The third-order valence-electron chi connectivity index (χ3n) is 3.93. The molecule has 1 heterocycles. The number of carbonyl (C=O) groups excluding carboxylic acids is 2. The van der Waals surface area contributed by atoms with E-state index in [1.54, 1.807) is 9.80 Å². The fourth-order valence-corrected chi connectivity index (χ4v) is 2.53. The van der Waals surface area contributed by atoms with Gasteiger partial charge in [0, 0.05) is 38.5 Å². The summed E-state index contributed by atoms with van der Waals surface area (Å²) in [6, 6.07) is 5.40. The van der Waals surface area contributed by atoms with Gasteiger partial charge in [0.05, 0.1) is 13.0 Å².